The first-order chi connectivity index (χ1) is 23.0. The molecule has 0 unspecified atom stereocenters. The van der Waals surface area contributed by atoms with Crippen molar-refractivity contribution in [1.29, 1.82) is 0 Å². The zero-order valence-electron chi connectivity index (χ0n) is 28.5. The van der Waals surface area contributed by atoms with Crippen LogP contribution in [0.1, 0.15) is 88.5 Å². The van der Waals surface area contributed by atoms with E-state index >= 15 is 0 Å². The van der Waals surface area contributed by atoms with Gasteiger partial charge in [-0.3, -0.25) is 5.32 Å². The van der Waals surface area contributed by atoms with Crippen LogP contribution in [0.2, 0.25) is 0 Å². The van der Waals surface area contributed by atoms with Crippen molar-refractivity contribution in [3.05, 3.63) is 83.1 Å². The Morgan fingerprint density at radius 2 is 1.81 bits per heavy atom. The van der Waals surface area contributed by atoms with Gasteiger partial charge in [0.1, 0.15) is 24.3 Å². The van der Waals surface area contributed by atoms with Crippen LogP contribution in [-0.4, -0.2) is 65.3 Å². The van der Waals surface area contributed by atoms with E-state index in [4.69, 9.17) is 24.0 Å². The summed E-state index contributed by atoms with van der Waals surface area (Å²) in [7, 11) is 0. The number of nitrogens with zero attached hydrogens (tertiary/aromatic N) is 3. The van der Waals surface area contributed by atoms with E-state index in [1.807, 2.05) is 73.1 Å². The lowest BCUT2D eigenvalue weighted by atomic mass is 9.98. The molecule has 11 nitrogen and oxygen atoms in total. The molecule has 2 fully saturated rings. The smallest absolute Gasteiger partial charge is 0.407 e. The van der Waals surface area contributed by atoms with Crippen molar-refractivity contribution < 1.29 is 28.5 Å². The van der Waals surface area contributed by atoms with Crippen molar-refractivity contribution >= 4 is 23.5 Å². The van der Waals surface area contributed by atoms with Gasteiger partial charge in [0.25, 0.3) is 0 Å². The molecule has 3 amide bonds. The lowest BCUT2D eigenvalue weighted by Gasteiger charge is -2.24. The van der Waals surface area contributed by atoms with Gasteiger partial charge in [-0.05, 0) is 76.6 Å². The number of hydrogen-bond donors (Lipinski definition) is 2. The van der Waals surface area contributed by atoms with Crippen molar-refractivity contribution in [2.75, 3.05) is 31.6 Å². The molecule has 1 saturated carbocycles. The molecular weight excluding hydrogens is 610 g/mol. The van der Waals surface area contributed by atoms with Gasteiger partial charge in [0.2, 0.25) is 0 Å². The van der Waals surface area contributed by atoms with Gasteiger partial charge in [-0.25, -0.2) is 14.3 Å². The second-order valence-corrected chi connectivity index (χ2v) is 14.0. The van der Waals surface area contributed by atoms with Crippen molar-refractivity contribution in [3.8, 4) is 5.75 Å². The lowest BCUT2D eigenvalue weighted by Crippen LogP contribution is -2.35. The Kier molecular flexibility index (Phi) is 10.1. The van der Waals surface area contributed by atoms with Crippen molar-refractivity contribution in [1.82, 2.24) is 20.0 Å². The predicted molar refractivity (Wildman–Crippen MR) is 183 cm³/mol. The second-order valence-electron chi connectivity index (χ2n) is 14.0. The third kappa shape index (κ3) is 7.85. The van der Waals surface area contributed by atoms with Crippen LogP contribution in [0, 0.1) is 0 Å². The van der Waals surface area contributed by atoms with Gasteiger partial charge >= 0.3 is 12.1 Å². The number of rotatable bonds is 9. The minimum Gasteiger partial charge on any atom is -0.488 e. The van der Waals surface area contributed by atoms with Crippen LogP contribution in [0.25, 0.3) is 5.57 Å². The van der Waals surface area contributed by atoms with E-state index in [-0.39, 0.29) is 35.7 Å². The number of amides is 3. The summed E-state index contributed by atoms with van der Waals surface area (Å²) in [5.74, 6) is 1.48. The molecular formula is C37H47N5O6. The van der Waals surface area contributed by atoms with E-state index in [2.05, 4.69) is 37.5 Å². The Hall–Kier alpha value is -4.35. The summed E-state index contributed by atoms with van der Waals surface area (Å²) in [6.45, 7) is 12.3. The van der Waals surface area contributed by atoms with Crippen LogP contribution in [-0.2, 0) is 26.4 Å². The molecule has 2 atom stereocenters. The summed E-state index contributed by atoms with van der Waals surface area (Å²) in [5.41, 5.74) is 4.40. The van der Waals surface area contributed by atoms with Gasteiger partial charge in [-0.15, -0.1) is 0 Å². The lowest BCUT2D eigenvalue weighted by molar-refractivity contribution is -0.0460. The molecule has 3 aromatic rings. The number of carbonyl (C=O) groups excluding carboxylic acids is 2. The summed E-state index contributed by atoms with van der Waals surface area (Å²) in [6.07, 6.45) is 3.33. The molecule has 0 spiro atoms. The van der Waals surface area contributed by atoms with E-state index < -0.39 is 6.29 Å². The zero-order chi connectivity index (χ0) is 33.8. The average Bonchev–Trinajstić information content (AvgIpc) is 3.87. The highest BCUT2D eigenvalue weighted by Gasteiger charge is 2.34. The number of benzene rings is 2. The fourth-order valence-corrected chi connectivity index (χ4v) is 6.48. The standard InChI is InChI=1S/C37H47N5O6/c1-24(2)38-36(44)48-28-15-14-26(20-28)30-21-32(42(40-30)37(3,4)5)39-35(43)41-17-16-27(22-41)29-12-9-13-31(33(29)34-45-18-19-46-34)47-23-25-10-7-6-8-11-25/h6-13,16,21,24,26,28,34H,14-15,17-20,22-23H2,1-5H3,(H,38,44)(H,39,43)/t26-,28+/m0/s1. The monoisotopic (exact) mass is 657 g/mol. The molecule has 48 heavy (non-hydrogen) atoms. The third-order valence-electron chi connectivity index (χ3n) is 8.79. The molecule has 0 radical (unpaired) electrons. The van der Waals surface area contributed by atoms with Crippen LogP contribution < -0.4 is 15.4 Å². The van der Waals surface area contributed by atoms with Gasteiger partial charge in [0, 0.05) is 31.1 Å². The van der Waals surface area contributed by atoms with E-state index in [9.17, 15) is 9.59 Å². The number of ether oxygens (including phenoxy) is 4. The maximum atomic E-state index is 13.7. The van der Waals surface area contributed by atoms with Gasteiger partial charge in [0.05, 0.1) is 30.0 Å². The van der Waals surface area contributed by atoms with Crippen LogP contribution in [0.3, 0.4) is 0 Å². The summed E-state index contributed by atoms with van der Waals surface area (Å²) >= 11 is 0. The predicted octanol–water partition coefficient (Wildman–Crippen LogP) is 6.96. The van der Waals surface area contributed by atoms with Crippen molar-refractivity contribution in [3.63, 3.8) is 0 Å². The average molecular weight is 658 g/mol. The quantitative estimate of drug-likeness (QED) is 0.256. The third-order valence-corrected chi connectivity index (χ3v) is 8.79. The van der Waals surface area contributed by atoms with Gasteiger partial charge in [-0.1, -0.05) is 48.5 Å². The van der Waals surface area contributed by atoms with Gasteiger partial charge in [-0.2, -0.15) is 5.10 Å². The number of aromatic nitrogens is 2. The highest BCUT2D eigenvalue weighted by Crippen LogP contribution is 2.40. The Labute approximate surface area is 282 Å². The topological polar surface area (TPSA) is 116 Å². The fraction of sp³-hybridized carbons (Fsp3) is 0.486. The largest absolute Gasteiger partial charge is 0.488 e. The van der Waals surface area contributed by atoms with Gasteiger partial charge in [0.15, 0.2) is 6.29 Å². The number of urea groups is 1. The second kappa shape index (κ2) is 14.4. The Morgan fingerprint density at radius 3 is 2.54 bits per heavy atom. The Bertz CT molecular complexity index is 1620. The minimum atomic E-state index is -0.541. The molecule has 1 saturated heterocycles. The van der Waals surface area contributed by atoms with Gasteiger partial charge < -0.3 is 29.2 Å². The molecule has 2 aromatic carbocycles. The molecule has 11 heteroatoms. The van der Waals surface area contributed by atoms with E-state index in [0.29, 0.717) is 50.9 Å². The molecule has 2 aliphatic heterocycles. The molecule has 3 heterocycles. The minimum absolute atomic E-state index is 0.0201. The van der Waals surface area contributed by atoms with E-state index in [1.54, 1.807) is 4.90 Å². The molecule has 0 bridgehead atoms. The summed E-state index contributed by atoms with van der Waals surface area (Å²) in [4.78, 5) is 27.7. The van der Waals surface area contributed by atoms with Crippen LogP contribution >= 0.6 is 0 Å². The van der Waals surface area contributed by atoms with E-state index in [1.165, 1.54) is 0 Å². The summed E-state index contributed by atoms with van der Waals surface area (Å²) in [5, 5.41) is 10.9. The fourth-order valence-electron chi connectivity index (χ4n) is 6.48. The number of hydrogen-bond acceptors (Lipinski definition) is 7. The van der Waals surface area contributed by atoms with Crippen LogP contribution in [0.5, 0.6) is 5.75 Å². The molecule has 6 rings (SSSR count). The zero-order valence-corrected chi connectivity index (χ0v) is 28.5. The number of carbonyl (C=O) groups is 2. The Balaban J connectivity index is 1.14. The number of nitrogens with one attached hydrogen (secondary N) is 2. The van der Waals surface area contributed by atoms with E-state index in [0.717, 1.165) is 40.8 Å². The van der Waals surface area contributed by atoms with Crippen molar-refractivity contribution in [2.24, 2.45) is 0 Å². The normalized spacial score (nSPS) is 19.9. The van der Waals surface area contributed by atoms with Crippen LogP contribution in [0.4, 0.5) is 15.4 Å². The maximum Gasteiger partial charge on any atom is 0.407 e. The Morgan fingerprint density at radius 1 is 1.04 bits per heavy atom. The molecule has 2 N–H and O–H groups in total. The summed E-state index contributed by atoms with van der Waals surface area (Å²) in [6, 6.07) is 17.8. The number of alkyl carbamates (subject to hydrolysis) is 1. The van der Waals surface area contributed by atoms with Crippen molar-refractivity contribution in [2.45, 2.75) is 90.4 Å². The summed E-state index contributed by atoms with van der Waals surface area (Å²) < 4.78 is 25.7. The molecule has 1 aliphatic carbocycles. The maximum absolute atomic E-state index is 13.7. The molecule has 3 aliphatic rings. The SMILES string of the molecule is CC(C)NC(=O)O[C@@H]1CC[C@H](c2cc(NC(=O)N3CC=C(c4cccc(OCc5ccccc5)c4C4OCCO4)C3)n(C(C)(C)C)n2)C1. The first kappa shape index (κ1) is 33.5. The number of anilines is 1. The first-order valence-corrected chi connectivity index (χ1v) is 16.9. The molecule has 1 aromatic heterocycles. The highest BCUT2D eigenvalue weighted by atomic mass is 16.7. The first-order valence-electron chi connectivity index (χ1n) is 16.9. The highest BCUT2D eigenvalue weighted by molar-refractivity contribution is 5.91. The molecule has 256 valence electrons. The van der Waals surface area contributed by atoms with Crippen LogP contribution in [0.15, 0.2) is 60.7 Å².